The fourth-order valence-electron chi connectivity index (χ4n) is 2.76. The van der Waals surface area contributed by atoms with Crippen LogP contribution in [0.25, 0.3) is 0 Å². The second-order valence-electron chi connectivity index (χ2n) is 7.56. The Hall–Kier alpha value is -2.37. The summed E-state index contributed by atoms with van der Waals surface area (Å²) in [5.41, 5.74) is 1.01. The van der Waals surface area contributed by atoms with Crippen LogP contribution in [0.15, 0.2) is 24.3 Å². The summed E-state index contributed by atoms with van der Waals surface area (Å²) in [6.45, 7) is 6.83. The van der Waals surface area contributed by atoms with Crippen molar-refractivity contribution in [1.82, 2.24) is 10.2 Å². The van der Waals surface area contributed by atoms with Gasteiger partial charge in [-0.1, -0.05) is 32.9 Å². The highest BCUT2D eigenvalue weighted by molar-refractivity contribution is 5.94. The largest absolute Gasteiger partial charge is 0.481 e. The van der Waals surface area contributed by atoms with Crippen LogP contribution >= 0.6 is 0 Å². The summed E-state index contributed by atoms with van der Waals surface area (Å²) in [7, 11) is 0. The molecule has 1 fully saturated rings. The number of nitrogens with one attached hydrogen (secondary N) is 1. The predicted octanol–water partition coefficient (Wildman–Crippen LogP) is 2.29. The predicted molar refractivity (Wildman–Crippen MR) is 94.0 cm³/mol. The van der Waals surface area contributed by atoms with Gasteiger partial charge in [-0.2, -0.15) is 0 Å². The zero-order chi connectivity index (χ0) is 18.6. The van der Waals surface area contributed by atoms with Gasteiger partial charge in [-0.3, -0.25) is 14.4 Å². The SMILES string of the molecule is CC(C)(C)C(=O)NCc1ccc(C(=O)N2CCC[C@H](C(=O)O)C2)cc1. The number of benzene rings is 1. The number of aliphatic carboxylic acids is 1. The van der Waals surface area contributed by atoms with Crippen molar-refractivity contribution >= 4 is 17.8 Å². The fourth-order valence-corrected chi connectivity index (χ4v) is 2.76. The Labute approximate surface area is 148 Å². The van der Waals surface area contributed by atoms with E-state index in [1.807, 2.05) is 32.9 Å². The van der Waals surface area contributed by atoms with Crippen molar-refractivity contribution in [2.45, 2.75) is 40.2 Å². The Morgan fingerprint density at radius 1 is 1.20 bits per heavy atom. The van der Waals surface area contributed by atoms with Gasteiger partial charge in [0.25, 0.3) is 5.91 Å². The number of piperidine rings is 1. The first-order valence-corrected chi connectivity index (χ1v) is 8.58. The Kier molecular flexibility index (Phi) is 5.82. The van der Waals surface area contributed by atoms with Crippen molar-refractivity contribution in [3.05, 3.63) is 35.4 Å². The number of rotatable bonds is 4. The molecule has 1 aliphatic heterocycles. The maximum atomic E-state index is 12.5. The monoisotopic (exact) mass is 346 g/mol. The van der Waals surface area contributed by atoms with E-state index < -0.39 is 17.3 Å². The van der Waals surface area contributed by atoms with E-state index in [1.54, 1.807) is 17.0 Å². The van der Waals surface area contributed by atoms with Crippen LogP contribution < -0.4 is 5.32 Å². The minimum absolute atomic E-state index is 0.0271. The summed E-state index contributed by atoms with van der Waals surface area (Å²) >= 11 is 0. The van der Waals surface area contributed by atoms with Crippen LogP contribution in [0.1, 0.15) is 49.5 Å². The number of hydrogen-bond donors (Lipinski definition) is 2. The van der Waals surface area contributed by atoms with E-state index >= 15 is 0 Å². The van der Waals surface area contributed by atoms with E-state index in [9.17, 15) is 14.4 Å². The maximum absolute atomic E-state index is 12.5. The van der Waals surface area contributed by atoms with E-state index in [2.05, 4.69) is 5.32 Å². The highest BCUT2D eigenvalue weighted by Crippen LogP contribution is 2.19. The lowest BCUT2D eigenvalue weighted by molar-refractivity contribution is -0.143. The smallest absolute Gasteiger partial charge is 0.308 e. The van der Waals surface area contributed by atoms with Crippen molar-refractivity contribution in [1.29, 1.82) is 0 Å². The Bertz CT molecular complexity index is 646. The molecule has 136 valence electrons. The van der Waals surface area contributed by atoms with E-state index in [1.165, 1.54) is 0 Å². The average Bonchev–Trinajstić information content (AvgIpc) is 2.58. The topological polar surface area (TPSA) is 86.7 Å². The standard InChI is InChI=1S/C19H26N2O4/c1-19(2,3)18(25)20-11-13-6-8-14(9-7-13)16(22)21-10-4-5-15(12-21)17(23)24/h6-9,15H,4-5,10-12H2,1-3H3,(H,20,25)(H,23,24)/t15-/m0/s1. The third-order valence-electron chi connectivity index (χ3n) is 4.39. The van der Waals surface area contributed by atoms with Gasteiger partial charge in [-0.05, 0) is 30.5 Å². The minimum atomic E-state index is -0.845. The van der Waals surface area contributed by atoms with Gasteiger partial charge in [0.1, 0.15) is 0 Å². The zero-order valence-electron chi connectivity index (χ0n) is 15.0. The van der Waals surface area contributed by atoms with Gasteiger partial charge in [-0.15, -0.1) is 0 Å². The van der Waals surface area contributed by atoms with Gasteiger partial charge in [0.05, 0.1) is 5.92 Å². The number of carboxylic acid groups (broad SMARTS) is 1. The second kappa shape index (κ2) is 7.68. The third-order valence-corrected chi connectivity index (χ3v) is 4.39. The van der Waals surface area contributed by atoms with Gasteiger partial charge in [0.2, 0.25) is 5.91 Å². The highest BCUT2D eigenvalue weighted by atomic mass is 16.4. The summed E-state index contributed by atoms with van der Waals surface area (Å²) in [6, 6.07) is 7.08. The molecule has 0 unspecified atom stereocenters. The van der Waals surface area contributed by atoms with E-state index in [0.717, 1.165) is 5.56 Å². The first-order valence-electron chi connectivity index (χ1n) is 8.58. The van der Waals surface area contributed by atoms with Crippen molar-refractivity contribution in [2.75, 3.05) is 13.1 Å². The molecule has 1 saturated heterocycles. The number of nitrogens with zero attached hydrogens (tertiary/aromatic N) is 1. The fraction of sp³-hybridized carbons (Fsp3) is 0.526. The Morgan fingerprint density at radius 3 is 2.40 bits per heavy atom. The molecular weight excluding hydrogens is 320 g/mol. The Balaban J connectivity index is 1.96. The lowest BCUT2D eigenvalue weighted by Gasteiger charge is -2.30. The number of carbonyl (C=O) groups excluding carboxylic acids is 2. The lowest BCUT2D eigenvalue weighted by Crippen LogP contribution is -2.42. The van der Waals surface area contributed by atoms with Crippen LogP contribution in [0.5, 0.6) is 0 Å². The van der Waals surface area contributed by atoms with Crippen molar-refractivity contribution in [2.24, 2.45) is 11.3 Å². The number of amides is 2. The normalized spacial score (nSPS) is 17.9. The van der Waals surface area contributed by atoms with Crippen LogP contribution in [0.2, 0.25) is 0 Å². The zero-order valence-corrected chi connectivity index (χ0v) is 15.0. The number of likely N-dealkylation sites (tertiary alicyclic amines) is 1. The molecule has 1 aromatic carbocycles. The number of carboxylic acids is 1. The average molecular weight is 346 g/mol. The molecule has 6 nitrogen and oxygen atoms in total. The number of carbonyl (C=O) groups is 3. The van der Waals surface area contributed by atoms with Crippen molar-refractivity contribution in [3.8, 4) is 0 Å². The van der Waals surface area contributed by atoms with Gasteiger partial charge >= 0.3 is 5.97 Å². The molecule has 1 heterocycles. The third kappa shape index (κ3) is 5.05. The Morgan fingerprint density at radius 2 is 1.84 bits per heavy atom. The van der Waals surface area contributed by atoms with Crippen LogP contribution in [-0.2, 0) is 16.1 Å². The molecule has 0 spiro atoms. The van der Waals surface area contributed by atoms with E-state index in [0.29, 0.717) is 31.5 Å². The minimum Gasteiger partial charge on any atom is -0.481 e. The molecular formula is C19H26N2O4. The molecule has 2 N–H and O–H groups in total. The lowest BCUT2D eigenvalue weighted by atomic mass is 9.95. The molecule has 25 heavy (non-hydrogen) atoms. The summed E-state index contributed by atoms with van der Waals surface area (Å²) in [5, 5.41) is 12.0. The van der Waals surface area contributed by atoms with Crippen molar-refractivity contribution < 1.29 is 19.5 Å². The molecule has 2 rings (SSSR count). The van der Waals surface area contributed by atoms with Crippen LogP contribution in [0.3, 0.4) is 0 Å². The summed E-state index contributed by atoms with van der Waals surface area (Å²) in [6.07, 6.45) is 1.32. The first-order chi connectivity index (χ1) is 11.7. The molecule has 0 aliphatic carbocycles. The first kappa shape index (κ1) is 19.0. The van der Waals surface area contributed by atoms with Crippen LogP contribution in [0, 0.1) is 11.3 Å². The van der Waals surface area contributed by atoms with Crippen LogP contribution in [-0.4, -0.2) is 40.9 Å². The molecule has 1 aliphatic rings. The van der Waals surface area contributed by atoms with Gasteiger partial charge in [0.15, 0.2) is 0 Å². The maximum Gasteiger partial charge on any atom is 0.308 e. The van der Waals surface area contributed by atoms with Crippen molar-refractivity contribution in [3.63, 3.8) is 0 Å². The number of hydrogen-bond acceptors (Lipinski definition) is 3. The molecule has 0 bridgehead atoms. The quantitative estimate of drug-likeness (QED) is 0.876. The van der Waals surface area contributed by atoms with E-state index in [4.69, 9.17) is 5.11 Å². The summed E-state index contributed by atoms with van der Waals surface area (Å²) < 4.78 is 0. The molecule has 0 aromatic heterocycles. The molecule has 6 heteroatoms. The summed E-state index contributed by atoms with van der Waals surface area (Å²) in [4.78, 5) is 37.2. The molecule has 1 atom stereocenters. The molecule has 2 amide bonds. The van der Waals surface area contributed by atoms with Gasteiger partial charge < -0.3 is 15.3 Å². The van der Waals surface area contributed by atoms with Gasteiger partial charge in [0, 0.05) is 30.6 Å². The van der Waals surface area contributed by atoms with E-state index in [-0.39, 0.29) is 18.4 Å². The molecule has 0 saturated carbocycles. The highest BCUT2D eigenvalue weighted by Gasteiger charge is 2.28. The van der Waals surface area contributed by atoms with Crippen LogP contribution in [0.4, 0.5) is 0 Å². The second-order valence-corrected chi connectivity index (χ2v) is 7.56. The summed E-state index contributed by atoms with van der Waals surface area (Å²) in [5.74, 6) is -1.50. The molecule has 1 aromatic rings. The molecule has 0 radical (unpaired) electrons. The van der Waals surface area contributed by atoms with Gasteiger partial charge in [-0.25, -0.2) is 0 Å².